The van der Waals surface area contributed by atoms with Gasteiger partial charge in [0.1, 0.15) is 13.2 Å². The van der Waals surface area contributed by atoms with Crippen LogP contribution in [-0.4, -0.2) is 19.1 Å². The van der Waals surface area contributed by atoms with Crippen molar-refractivity contribution < 1.29 is 14.3 Å². The molecule has 3 rings (SSSR count). The van der Waals surface area contributed by atoms with E-state index < -0.39 is 0 Å². The van der Waals surface area contributed by atoms with E-state index in [1.165, 1.54) is 5.56 Å². The first-order valence-electron chi connectivity index (χ1n) is 7.52. The van der Waals surface area contributed by atoms with Crippen molar-refractivity contribution in [1.29, 1.82) is 0 Å². The number of fused-ring (bicyclic) bond motifs is 1. The van der Waals surface area contributed by atoms with Gasteiger partial charge in [0.15, 0.2) is 11.5 Å². The van der Waals surface area contributed by atoms with Crippen molar-refractivity contribution in [3.8, 4) is 11.5 Å². The van der Waals surface area contributed by atoms with E-state index in [-0.39, 0.29) is 5.91 Å². The summed E-state index contributed by atoms with van der Waals surface area (Å²) in [6, 6.07) is 13.6. The van der Waals surface area contributed by atoms with Crippen LogP contribution in [0.3, 0.4) is 0 Å². The van der Waals surface area contributed by atoms with E-state index in [0.29, 0.717) is 25.4 Å². The lowest BCUT2D eigenvalue weighted by atomic mass is 10.1. The second-order valence-corrected chi connectivity index (χ2v) is 5.25. The molecule has 1 N–H and O–H groups in total. The van der Waals surface area contributed by atoms with Crippen LogP contribution in [0.5, 0.6) is 11.5 Å². The molecule has 0 spiro atoms. The van der Waals surface area contributed by atoms with Gasteiger partial charge in [0.05, 0.1) is 6.42 Å². The standard InChI is InChI=1S/C18H19NO3/c1-2-13-3-5-14(6-4-13)11-18(20)19-15-7-8-16-17(12-15)22-10-9-21-16/h3-8,12H,2,9-11H2,1H3,(H,19,20). The molecule has 0 radical (unpaired) electrons. The molecule has 0 bridgehead atoms. The van der Waals surface area contributed by atoms with Crippen LogP contribution < -0.4 is 14.8 Å². The smallest absolute Gasteiger partial charge is 0.228 e. The predicted molar refractivity (Wildman–Crippen MR) is 85.6 cm³/mol. The molecule has 2 aromatic carbocycles. The highest BCUT2D eigenvalue weighted by Gasteiger charge is 2.12. The van der Waals surface area contributed by atoms with Crippen molar-refractivity contribution in [2.75, 3.05) is 18.5 Å². The van der Waals surface area contributed by atoms with Gasteiger partial charge in [0.2, 0.25) is 5.91 Å². The molecule has 0 aromatic heterocycles. The van der Waals surface area contributed by atoms with Crippen molar-refractivity contribution in [2.45, 2.75) is 19.8 Å². The SMILES string of the molecule is CCc1ccc(CC(=O)Nc2ccc3c(c2)OCCO3)cc1. The van der Waals surface area contributed by atoms with Gasteiger partial charge in [-0.3, -0.25) is 4.79 Å². The number of amides is 1. The molecule has 0 unspecified atom stereocenters. The minimum Gasteiger partial charge on any atom is -0.486 e. The summed E-state index contributed by atoms with van der Waals surface area (Å²) in [5, 5.41) is 2.89. The molecule has 0 aliphatic carbocycles. The van der Waals surface area contributed by atoms with Gasteiger partial charge in [-0.05, 0) is 29.7 Å². The summed E-state index contributed by atoms with van der Waals surface area (Å²) in [6.45, 7) is 3.21. The van der Waals surface area contributed by atoms with Crippen LogP contribution >= 0.6 is 0 Å². The van der Waals surface area contributed by atoms with Crippen molar-refractivity contribution in [3.05, 3.63) is 53.6 Å². The third-order valence-electron chi connectivity index (χ3n) is 3.62. The lowest BCUT2D eigenvalue weighted by Gasteiger charge is -2.19. The first kappa shape index (κ1) is 14.4. The highest BCUT2D eigenvalue weighted by atomic mass is 16.6. The van der Waals surface area contributed by atoms with E-state index in [1.807, 2.05) is 24.3 Å². The molecule has 0 fully saturated rings. The van der Waals surface area contributed by atoms with E-state index in [2.05, 4.69) is 24.4 Å². The molecule has 1 aliphatic heterocycles. The topological polar surface area (TPSA) is 47.6 Å². The number of rotatable bonds is 4. The molecule has 2 aromatic rings. The van der Waals surface area contributed by atoms with Crippen LogP contribution in [0.15, 0.2) is 42.5 Å². The Hall–Kier alpha value is -2.49. The Morgan fingerprint density at radius 2 is 1.68 bits per heavy atom. The lowest BCUT2D eigenvalue weighted by molar-refractivity contribution is -0.115. The maximum absolute atomic E-state index is 12.1. The first-order chi connectivity index (χ1) is 10.7. The Balaban J connectivity index is 1.63. The fraction of sp³-hybridized carbons (Fsp3) is 0.278. The van der Waals surface area contributed by atoms with E-state index >= 15 is 0 Å². The molecule has 0 saturated carbocycles. The highest BCUT2D eigenvalue weighted by Crippen LogP contribution is 2.32. The molecule has 1 aliphatic rings. The molecular weight excluding hydrogens is 278 g/mol. The average molecular weight is 297 g/mol. The molecule has 4 nitrogen and oxygen atoms in total. The van der Waals surface area contributed by atoms with Crippen LogP contribution in [0.4, 0.5) is 5.69 Å². The van der Waals surface area contributed by atoms with Crippen LogP contribution in [0.25, 0.3) is 0 Å². The minimum absolute atomic E-state index is 0.0408. The normalized spacial score (nSPS) is 12.8. The minimum atomic E-state index is -0.0408. The summed E-state index contributed by atoms with van der Waals surface area (Å²) in [6.07, 6.45) is 1.36. The number of carbonyl (C=O) groups is 1. The molecule has 4 heteroatoms. The van der Waals surface area contributed by atoms with E-state index in [1.54, 1.807) is 6.07 Å². The lowest BCUT2D eigenvalue weighted by Crippen LogP contribution is -2.17. The van der Waals surface area contributed by atoms with Gasteiger partial charge in [-0.15, -0.1) is 0 Å². The second kappa shape index (κ2) is 6.52. The summed E-state index contributed by atoms with van der Waals surface area (Å²) in [4.78, 5) is 12.1. The number of hydrogen-bond acceptors (Lipinski definition) is 3. The monoisotopic (exact) mass is 297 g/mol. The Bertz CT molecular complexity index is 665. The largest absolute Gasteiger partial charge is 0.486 e. The number of carbonyl (C=O) groups excluding carboxylic acids is 1. The third kappa shape index (κ3) is 3.39. The second-order valence-electron chi connectivity index (χ2n) is 5.25. The van der Waals surface area contributed by atoms with Crippen LogP contribution in [0.2, 0.25) is 0 Å². The fourth-order valence-electron chi connectivity index (χ4n) is 2.40. The fourth-order valence-corrected chi connectivity index (χ4v) is 2.40. The molecule has 1 heterocycles. The molecule has 22 heavy (non-hydrogen) atoms. The van der Waals surface area contributed by atoms with Gasteiger partial charge in [-0.2, -0.15) is 0 Å². The van der Waals surface area contributed by atoms with Gasteiger partial charge in [-0.1, -0.05) is 31.2 Å². The van der Waals surface area contributed by atoms with Crippen molar-refractivity contribution in [1.82, 2.24) is 0 Å². The van der Waals surface area contributed by atoms with Gasteiger partial charge >= 0.3 is 0 Å². The number of ether oxygens (including phenoxy) is 2. The maximum Gasteiger partial charge on any atom is 0.228 e. The van der Waals surface area contributed by atoms with Crippen LogP contribution in [0, 0.1) is 0 Å². The first-order valence-corrected chi connectivity index (χ1v) is 7.52. The number of anilines is 1. The molecule has 1 amide bonds. The maximum atomic E-state index is 12.1. The van der Waals surface area contributed by atoms with Gasteiger partial charge in [-0.25, -0.2) is 0 Å². The Kier molecular flexibility index (Phi) is 4.28. The van der Waals surface area contributed by atoms with Crippen LogP contribution in [-0.2, 0) is 17.6 Å². The number of hydrogen-bond donors (Lipinski definition) is 1. The Morgan fingerprint density at radius 3 is 2.41 bits per heavy atom. The van der Waals surface area contributed by atoms with E-state index in [4.69, 9.17) is 9.47 Å². The quantitative estimate of drug-likeness (QED) is 0.942. The third-order valence-corrected chi connectivity index (χ3v) is 3.62. The zero-order valence-corrected chi connectivity index (χ0v) is 12.6. The van der Waals surface area contributed by atoms with Gasteiger partial charge < -0.3 is 14.8 Å². The van der Waals surface area contributed by atoms with Crippen molar-refractivity contribution >= 4 is 11.6 Å². The van der Waals surface area contributed by atoms with E-state index in [0.717, 1.165) is 23.4 Å². The molecule has 0 saturated heterocycles. The number of nitrogens with one attached hydrogen (secondary N) is 1. The molecule has 114 valence electrons. The summed E-state index contributed by atoms with van der Waals surface area (Å²) in [5.41, 5.74) is 3.00. The Morgan fingerprint density at radius 1 is 1.00 bits per heavy atom. The molecular formula is C18H19NO3. The van der Waals surface area contributed by atoms with E-state index in [9.17, 15) is 4.79 Å². The predicted octanol–water partition coefficient (Wildman–Crippen LogP) is 3.20. The van der Waals surface area contributed by atoms with Crippen LogP contribution in [0.1, 0.15) is 18.1 Å². The summed E-state index contributed by atoms with van der Waals surface area (Å²) in [5.74, 6) is 1.36. The van der Waals surface area contributed by atoms with Crippen molar-refractivity contribution in [3.63, 3.8) is 0 Å². The highest BCUT2D eigenvalue weighted by molar-refractivity contribution is 5.92. The number of aryl methyl sites for hydroxylation is 1. The zero-order chi connectivity index (χ0) is 15.4. The number of benzene rings is 2. The summed E-state index contributed by atoms with van der Waals surface area (Å²) in [7, 11) is 0. The summed E-state index contributed by atoms with van der Waals surface area (Å²) < 4.78 is 11.0. The van der Waals surface area contributed by atoms with Gasteiger partial charge in [0, 0.05) is 11.8 Å². The molecule has 0 atom stereocenters. The Labute approximate surface area is 130 Å². The van der Waals surface area contributed by atoms with Crippen molar-refractivity contribution in [2.24, 2.45) is 0 Å². The average Bonchev–Trinajstić information content (AvgIpc) is 2.55. The van der Waals surface area contributed by atoms with Gasteiger partial charge in [0.25, 0.3) is 0 Å². The zero-order valence-electron chi connectivity index (χ0n) is 12.6. The summed E-state index contributed by atoms with van der Waals surface area (Å²) >= 11 is 0.